The minimum atomic E-state index is 0.0726. The van der Waals surface area contributed by atoms with Gasteiger partial charge in [0.1, 0.15) is 5.75 Å². The Hall–Kier alpha value is -2.95. The first-order valence-electron chi connectivity index (χ1n) is 8.68. The van der Waals surface area contributed by atoms with Gasteiger partial charge in [-0.3, -0.25) is 4.79 Å². The van der Waals surface area contributed by atoms with Crippen LogP contribution in [-0.4, -0.2) is 19.7 Å². The molecule has 0 saturated carbocycles. The molecule has 4 bridgehead atoms. The summed E-state index contributed by atoms with van der Waals surface area (Å²) in [6.07, 6.45) is 4.09. The molecular formula is C21H20O5. The normalized spacial score (nSPS) is 18.3. The van der Waals surface area contributed by atoms with E-state index in [9.17, 15) is 4.79 Å². The van der Waals surface area contributed by atoms with Crippen molar-refractivity contribution in [2.24, 2.45) is 0 Å². The predicted octanol–water partition coefficient (Wildman–Crippen LogP) is 4.19. The van der Waals surface area contributed by atoms with Gasteiger partial charge in [0, 0.05) is 18.9 Å². The summed E-state index contributed by atoms with van der Waals surface area (Å²) in [4.78, 5) is 12.2. The summed E-state index contributed by atoms with van der Waals surface area (Å²) < 4.78 is 22.5. The van der Waals surface area contributed by atoms with Gasteiger partial charge in [0.05, 0.1) is 12.9 Å². The SMILES string of the molecule is CO/C1=C/C(=O)CCc2ccc(cc2)Oc2cc(cc3c2OCO3)CC1. The van der Waals surface area contributed by atoms with Crippen LogP contribution in [0.1, 0.15) is 24.0 Å². The van der Waals surface area contributed by atoms with E-state index < -0.39 is 0 Å². The van der Waals surface area contributed by atoms with Crippen molar-refractivity contribution in [3.05, 3.63) is 59.4 Å². The third kappa shape index (κ3) is 3.52. The molecule has 0 aliphatic carbocycles. The lowest BCUT2D eigenvalue weighted by Crippen LogP contribution is -2.00. The molecule has 2 aromatic rings. The molecule has 5 nitrogen and oxygen atoms in total. The van der Waals surface area contributed by atoms with Crippen LogP contribution in [0.4, 0.5) is 0 Å². The number of rotatable bonds is 1. The highest BCUT2D eigenvalue weighted by molar-refractivity contribution is 5.90. The molecule has 0 unspecified atom stereocenters. The summed E-state index contributed by atoms with van der Waals surface area (Å²) in [6.45, 7) is 0.186. The maximum Gasteiger partial charge on any atom is 0.231 e. The van der Waals surface area contributed by atoms with Crippen molar-refractivity contribution in [3.8, 4) is 23.0 Å². The predicted molar refractivity (Wildman–Crippen MR) is 95.8 cm³/mol. The molecule has 2 aromatic carbocycles. The first kappa shape index (κ1) is 16.5. The van der Waals surface area contributed by atoms with Crippen LogP contribution in [0.3, 0.4) is 0 Å². The first-order valence-corrected chi connectivity index (χ1v) is 8.68. The van der Waals surface area contributed by atoms with E-state index in [4.69, 9.17) is 18.9 Å². The monoisotopic (exact) mass is 352 g/mol. The van der Waals surface area contributed by atoms with E-state index in [1.54, 1.807) is 13.2 Å². The number of benzene rings is 2. The molecular weight excluding hydrogens is 332 g/mol. The zero-order chi connectivity index (χ0) is 17.9. The van der Waals surface area contributed by atoms with E-state index in [0.717, 1.165) is 16.9 Å². The number of fused-ring (bicyclic) bond motifs is 8. The second-order valence-corrected chi connectivity index (χ2v) is 6.35. The van der Waals surface area contributed by atoms with Crippen molar-refractivity contribution < 1.29 is 23.7 Å². The molecule has 0 N–H and O–H groups in total. The maximum absolute atomic E-state index is 12.2. The number of hydrogen-bond acceptors (Lipinski definition) is 5. The molecule has 0 radical (unpaired) electrons. The van der Waals surface area contributed by atoms with Crippen molar-refractivity contribution in [1.82, 2.24) is 0 Å². The molecule has 0 amide bonds. The van der Waals surface area contributed by atoms with Gasteiger partial charge < -0.3 is 18.9 Å². The Labute approximate surface area is 152 Å². The van der Waals surface area contributed by atoms with Crippen LogP contribution in [0.5, 0.6) is 23.0 Å². The molecule has 0 saturated heterocycles. The van der Waals surface area contributed by atoms with E-state index >= 15 is 0 Å². The van der Waals surface area contributed by atoms with E-state index in [1.165, 1.54) is 0 Å². The van der Waals surface area contributed by atoms with E-state index in [2.05, 4.69) is 0 Å². The fourth-order valence-corrected chi connectivity index (χ4v) is 3.12. The Balaban J connectivity index is 1.73. The smallest absolute Gasteiger partial charge is 0.231 e. The van der Waals surface area contributed by atoms with E-state index in [0.29, 0.717) is 48.7 Å². The second kappa shape index (κ2) is 7.12. The second-order valence-electron chi connectivity index (χ2n) is 6.35. The summed E-state index contributed by atoms with van der Waals surface area (Å²) in [7, 11) is 1.60. The van der Waals surface area contributed by atoms with Gasteiger partial charge in [-0.2, -0.15) is 0 Å². The molecule has 134 valence electrons. The quantitative estimate of drug-likeness (QED) is 0.770. The Bertz CT molecular complexity index is 851. The van der Waals surface area contributed by atoms with Crippen molar-refractivity contribution in [3.63, 3.8) is 0 Å². The fourth-order valence-electron chi connectivity index (χ4n) is 3.12. The molecule has 0 fully saturated rings. The van der Waals surface area contributed by atoms with Crippen molar-refractivity contribution >= 4 is 5.78 Å². The highest BCUT2D eigenvalue weighted by Gasteiger charge is 2.21. The first-order chi connectivity index (χ1) is 12.7. The van der Waals surface area contributed by atoms with Gasteiger partial charge in [0.2, 0.25) is 12.5 Å². The van der Waals surface area contributed by atoms with Gasteiger partial charge >= 0.3 is 0 Å². The van der Waals surface area contributed by atoms with Gasteiger partial charge in [-0.1, -0.05) is 12.1 Å². The highest BCUT2D eigenvalue weighted by Crippen LogP contribution is 2.44. The summed E-state index contributed by atoms with van der Waals surface area (Å²) in [6, 6.07) is 11.7. The largest absolute Gasteiger partial charge is 0.501 e. The third-order valence-corrected chi connectivity index (χ3v) is 4.55. The topological polar surface area (TPSA) is 54.0 Å². The Morgan fingerprint density at radius 2 is 1.65 bits per heavy atom. The van der Waals surface area contributed by atoms with Crippen LogP contribution in [0.25, 0.3) is 0 Å². The minimum absolute atomic E-state index is 0.0726. The number of hydrogen-bond donors (Lipinski definition) is 0. The lowest BCUT2D eigenvalue weighted by molar-refractivity contribution is -0.114. The lowest BCUT2D eigenvalue weighted by Gasteiger charge is -2.12. The van der Waals surface area contributed by atoms with Crippen LogP contribution in [-0.2, 0) is 22.4 Å². The Kier molecular flexibility index (Phi) is 4.52. The molecule has 3 aliphatic rings. The van der Waals surface area contributed by atoms with Crippen molar-refractivity contribution in [1.29, 1.82) is 0 Å². The van der Waals surface area contributed by atoms with Gasteiger partial charge in [-0.05, 0) is 48.2 Å². The van der Waals surface area contributed by atoms with Gasteiger partial charge in [0.15, 0.2) is 17.3 Å². The number of carbonyl (C=O) groups excluding carboxylic acids is 1. The number of carbonyl (C=O) groups is 1. The molecule has 0 spiro atoms. The molecule has 0 aromatic heterocycles. The van der Waals surface area contributed by atoms with E-state index in [1.807, 2.05) is 36.4 Å². The standard InChI is InChI=1S/C21H20O5/c1-23-18-9-5-15-10-19-21(25-13-24-19)20(11-15)26-17-7-3-14(4-8-17)2-6-16(22)12-18/h3-4,7-8,10-12H,2,5-6,9,13H2,1H3/b18-12+. The van der Waals surface area contributed by atoms with Crippen molar-refractivity contribution in [2.75, 3.05) is 13.9 Å². The molecule has 3 aliphatic heterocycles. The summed E-state index contributed by atoms with van der Waals surface area (Å²) in [5.41, 5.74) is 2.12. The van der Waals surface area contributed by atoms with Crippen LogP contribution < -0.4 is 14.2 Å². The van der Waals surface area contributed by atoms with Gasteiger partial charge in [-0.15, -0.1) is 0 Å². The van der Waals surface area contributed by atoms with Crippen LogP contribution >= 0.6 is 0 Å². The minimum Gasteiger partial charge on any atom is -0.501 e. The molecule has 26 heavy (non-hydrogen) atoms. The van der Waals surface area contributed by atoms with Crippen LogP contribution in [0, 0.1) is 0 Å². The molecule has 3 heterocycles. The highest BCUT2D eigenvalue weighted by atomic mass is 16.7. The third-order valence-electron chi connectivity index (χ3n) is 4.55. The van der Waals surface area contributed by atoms with Crippen molar-refractivity contribution in [2.45, 2.75) is 25.7 Å². The lowest BCUT2D eigenvalue weighted by atomic mass is 10.1. The van der Waals surface area contributed by atoms with Crippen LogP contribution in [0.15, 0.2) is 48.2 Å². The molecule has 5 heteroatoms. The number of aryl methyl sites for hydroxylation is 2. The zero-order valence-corrected chi connectivity index (χ0v) is 14.6. The van der Waals surface area contributed by atoms with Gasteiger partial charge in [0.25, 0.3) is 0 Å². The average Bonchev–Trinajstić information content (AvgIpc) is 3.12. The number of methoxy groups -OCH3 is 1. The summed E-state index contributed by atoms with van der Waals surface area (Å²) >= 11 is 0. The maximum atomic E-state index is 12.2. The summed E-state index contributed by atoms with van der Waals surface area (Å²) in [5, 5.41) is 0. The number of ether oxygens (including phenoxy) is 4. The Morgan fingerprint density at radius 3 is 2.46 bits per heavy atom. The number of allylic oxidation sites excluding steroid dienone is 2. The Morgan fingerprint density at radius 1 is 0.885 bits per heavy atom. The number of ketones is 1. The van der Waals surface area contributed by atoms with Gasteiger partial charge in [-0.25, -0.2) is 0 Å². The van der Waals surface area contributed by atoms with E-state index in [-0.39, 0.29) is 12.6 Å². The average molecular weight is 352 g/mol. The zero-order valence-electron chi connectivity index (χ0n) is 14.6. The van der Waals surface area contributed by atoms with Crippen LogP contribution in [0.2, 0.25) is 0 Å². The molecule has 0 atom stereocenters. The summed E-state index contributed by atoms with van der Waals surface area (Å²) in [5.74, 6) is 3.41. The molecule has 5 rings (SSSR count). The fraction of sp³-hybridized carbons (Fsp3) is 0.286.